The normalized spacial score (nSPS) is 10.3. The number of anilines is 2. The van der Waals surface area contributed by atoms with Gasteiger partial charge >= 0.3 is 0 Å². The number of ether oxygens (including phenoxy) is 1. The molecule has 0 aliphatic rings. The van der Waals surface area contributed by atoms with Gasteiger partial charge in [-0.25, -0.2) is 5.06 Å². The van der Waals surface area contributed by atoms with E-state index in [0.717, 1.165) is 22.7 Å². The molecule has 0 fully saturated rings. The molecule has 23 heavy (non-hydrogen) atoms. The molecule has 0 spiro atoms. The molecule has 0 amide bonds. The summed E-state index contributed by atoms with van der Waals surface area (Å²) in [4.78, 5) is 5.48. The van der Waals surface area contributed by atoms with Crippen LogP contribution in [0.25, 0.3) is 0 Å². The van der Waals surface area contributed by atoms with Gasteiger partial charge in [-0.05, 0) is 42.0 Å². The summed E-state index contributed by atoms with van der Waals surface area (Å²) >= 11 is 0. The molecule has 0 aliphatic heterocycles. The van der Waals surface area contributed by atoms with Gasteiger partial charge in [0.2, 0.25) is 0 Å². The molecule has 0 heterocycles. The van der Waals surface area contributed by atoms with E-state index in [1.54, 1.807) is 12.2 Å². The van der Waals surface area contributed by atoms with Gasteiger partial charge in [-0.3, -0.25) is 4.84 Å². The first-order valence-electron chi connectivity index (χ1n) is 7.53. The minimum Gasteiger partial charge on any atom is -0.489 e. The second kappa shape index (κ2) is 7.47. The van der Waals surface area contributed by atoms with Crippen LogP contribution in [0.1, 0.15) is 5.56 Å². The zero-order valence-corrected chi connectivity index (χ0v) is 13.1. The number of para-hydroxylation sites is 1. The summed E-state index contributed by atoms with van der Waals surface area (Å²) < 4.78 is 5.81. The van der Waals surface area contributed by atoms with Crippen LogP contribution in [0.4, 0.5) is 11.4 Å². The smallest absolute Gasteiger partial charge is 0.119 e. The van der Waals surface area contributed by atoms with Crippen molar-refractivity contribution in [3.63, 3.8) is 0 Å². The topological polar surface area (TPSA) is 21.7 Å². The summed E-state index contributed by atoms with van der Waals surface area (Å²) in [7, 11) is 1.66. The predicted molar refractivity (Wildman–Crippen MR) is 92.8 cm³/mol. The maximum Gasteiger partial charge on any atom is 0.119 e. The Morgan fingerprint density at radius 3 is 1.87 bits per heavy atom. The summed E-state index contributed by atoms with van der Waals surface area (Å²) in [5.41, 5.74) is 3.08. The second-order valence-electron chi connectivity index (χ2n) is 5.08. The summed E-state index contributed by atoms with van der Waals surface area (Å²) in [6.07, 6.45) is 0. The van der Waals surface area contributed by atoms with E-state index in [-0.39, 0.29) is 0 Å². The highest BCUT2D eigenvalue weighted by molar-refractivity contribution is 5.60. The van der Waals surface area contributed by atoms with Crippen molar-refractivity contribution in [3.8, 4) is 5.75 Å². The first-order valence-corrected chi connectivity index (χ1v) is 7.53. The van der Waals surface area contributed by atoms with Crippen LogP contribution in [0.3, 0.4) is 0 Å². The lowest BCUT2D eigenvalue weighted by Gasteiger charge is -2.22. The lowest BCUT2D eigenvalue weighted by Crippen LogP contribution is -2.14. The molecule has 0 unspecified atom stereocenters. The highest BCUT2D eigenvalue weighted by Crippen LogP contribution is 2.27. The third-order valence-corrected chi connectivity index (χ3v) is 3.49. The number of hydrogen-bond donors (Lipinski definition) is 0. The van der Waals surface area contributed by atoms with Crippen LogP contribution >= 0.6 is 0 Å². The van der Waals surface area contributed by atoms with Crippen molar-refractivity contribution in [1.82, 2.24) is 0 Å². The molecule has 0 saturated heterocycles. The van der Waals surface area contributed by atoms with E-state index >= 15 is 0 Å². The molecule has 3 aromatic carbocycles. The Kier molecular flexibility index (Phi) is 4.92. The van der Waals surface area contributed by atoms with Crippen LogP contribution < -0.4 is 9.80 Å². The lowest BCUT2D eigenvalue weighted by atomic mass is 10.2. The fraction of sp³-hybridized carbons (Fsp3) is 0.100. The first-order chi connectivity index (χ1) is 11.4. The van der Waals surface area contributed by atoms with Gasteiger partial charge < -0.3 is 4.74 Å². The Balaban J connectivity index is 1.69. The van der Waals surface area contributed by atoms with Crippen molar-refractivity contribution in [3.05, 3.63) is 90.5 Å². The SMILES string of the molecule is CON(c1ccccc1)c1ccc(OCc2ccccc2)cc1. The average molecular weight is 305 g/mol. The van der Waals surface area contributed by atoms with Crippen molar-refractivity contribution in [1.29, 1.82) is 0 Å². The Hall–Kier alpha value is -2.78. The van der Waals surface area contributed by atoms with E-state index in [2.05, 4.69) is 12.1 Å². The number of nitrogens with zero attached hydrogens (tertiary/aromatic N) is 1. The molecule has 0 saturated carbocycles. The van der Waals surface area contributed by atoms with Crippen LogP contribution in [0.2, 0.25) is 0 Å². The fourth-order valence-electron chi connectivity index (χ4n) is 2.34. The molecular weight excluding hydrogens is 286 g/mol. The molecule has 0 bridgehead atoms. The van der Waals surface area contributed by atoms with E-state index in [1.807, 2.05) is 72.8 Å². The van der Waals surface area contributed by atoms with E-state index < -0.39 is 0 Å². The monoisotopic (exact) mass is 305 g/mol. The van der Waals surface area contributed by atoms with Gasteiger partial charge in [0.05, 0.1) is 18.5 Å². The van der Waals surface area contributed by atoms with Gasteiger partial charge in [-0.1, -0.05) is 48.5 Å². The minimum absolute atomic E-state index is 0.562. The number of rotatable bonds is 6. The van der Waals surface area contributed by atoms with Crippen LogP contribution in [0.15, 0.2) is 84.9 Å². The number of benzene rings is 3. The molecule has 3 heteroatoms. The van der Waals surface area contributed by atoms with Crippen molar-refractivity contribution < 1.29 is 9.57 Å². The molecule has 0 atom stereocenters. The van der Waals surface area contributed by atoms with E-state index in [9.17, 15) is 0 Å². The maximum atomic E-state index is 5.81. The van der Waals surface area contributed by atoms with Gasteiger partial charge in [-0.15, -0.1) is 0 Å². The minimum atomic E-state index is 0.562. The molecule has 0 aromatic heterocycles. The van der Waals surface area contributed by atoms with Crippen molar-refractivity contribution in [2.24, 2.45) is 0 Å². The predicted octanol–water partition coefficient (Wildman–Crippen LogP) is 4.97. The maximum absolute atomic E-state index is 5.81. The van der Waals surface area contributed by atoms with Crippen LogP contribution in [0, 0.1) is 0 Å². The molecule has 0 N–H and O–H groups in total. The molecule has 3 aromatic rings. The van der Waals surface area contributed by atoms with Crippen molar-refractivity contribution in [2.75, 3.05) is 12.2 Å². The second-order valence-corrected chi connectivity index (χ2v) is 5.08. The van der Waals surface area contributed by atoms with E-state index in [0.29, 0.717) is 6.61 Å². The van der Waals surface area contributed by atoms with E-state index in [4.69, 9.17) is 9.57 Å². The highest BCUT2D eigenvalue weighted by atomic mass is 16.7. The molecular formula is C20H19NO2. The Labute approximate surface area is 136 Å². The standard InChI is InChI=1S/C20H19NO2/c1-22-21(18-10-6-3-7-11-18)19-12-14-20(15-13-19)23-16-17-8-4-2-5-9-17/h2-15H,16H2,1H3. The largest absolute Gasteiger partial charge is 0.489 e. The Morgan fingerprint density at radius 2 is 1.26 bits per heavy atom. The third-order valence-electron chi connectivity index (χ3n) is 3.49. The summed E-state index contributed by atoms with van der Waals surface area (Å²) in [5.74, 6) is 0.835. The third kappa shape index (κ3) is 3.90. The summed E-state index contributed by atoms with van der Waals surface area (Å²) in [5, 5.41) is 1.78. The van der Waals surface area contributed by atoms with Gasteiger partial charge in [0, 0.05) is 0 Å². The van der Waals surface area contributed by atoms with Crippen molar-refractivity contribution >= 4 is 11.4 Å². The van der Waals surface area contributed by atoms with Crippen molar-refractivity contribution in [2.45, 2.75) is 6.61 Å². The lowest BCUT2D eigenvalue weighted by molar-refractivity contribution is 0.201. The zero-order chi connectivity index (χ0) is 15.9. The quantitative estimate of drug-likeness (QED) is 0.600. The molecule has 3 nitrogen and oxygen atoms in total. The van der Waals surface area contributed by atoms with Crippen LogP contribution in [-0.4, -0.2) is 7.11 Å². The van der Waals surface area contributed by atoms with Crippen LogP contribution in [0.5, 0.6) is 5.75 Å². The Morgan fingerprint density at radius 1 is 0.696 bits per heavy atom. The van der Waals surface area contributed by atoms with Gasteiger partial charge in [-0.2, -0.15) is 0 Å². The van der Waals surface area contributed by atoms with Crippen LogP contribution in [-0.2, 0) is 11.4 Å². The van der Waals surface area contributed by atoms with E-state index in [1.165, 1.54) is 0 Å². The average Bonchev–Trinajstić information content (AvgIpc) is 2.63. The van der Waals surface area contributed by atoms with Gasteiger partial charge in [0.15, 0.2) is 0 Å². The fourth-order valence-corrected chi connectivity index (χ4v) is 2.34. The zero-order valence-electron chi connectivity index (χ0n) is 13.1. The molecule has 116 valence electrons. The molecule has 3 rings (SSSR count). The Bertz CT molecular complexity index is 712. The highest BCUT2D eigenvalue weighted by Gasteiger charge is 2.08. The number of hydrogen-bond acceptors (Lipinski definition) is 3. The first kappa shape index (κ1) is 15.1. The summed E-state index contributed by atoms with van der Waals surface area (Å²) in [6.45, 7) is 0.562. The van der Waals surface area contributed by atoms with Gasteiger partial charge in [0.1, 0.15) is 12.4 Å². The molecule has 0 radical (unpaired) electrons. The summed E-state index contributed by atoms with van der Waals surface area (Å²) in [6, 6.07) is 28.0. The van der Waals surface area contributed by atoms with Gasteiger partial charge in [0.25, 0.3) is 0 Å². The molecule has 0 aliphatic carbocycles.